The Labute approximate surface area is 166 Å². The van der Waals surface area contributed by atoms with Crippen molar-refractivity contribution in [3.05, 3.63) is 0 Å². The molecule has 0 N–H and O–H groups in total. The van der Waals surface area contributed by atoms with Crippen LogP contribution in [0.5, 0.6) is 0 Å². The van der Waals surface area contributed by atoms with Gasteiger partial charge in [-0.2, -0.15) is 0 Å². The molecule has 1 atom stereocenters. The second kappa shape index (κ2) is 12.4. The monoisotopic (exact) mass is 478 g/mol. The zero-order chi connectivity index (χ0) is 19.6. The minimum atomic E-state index is -2.05. The van der Waals surface area contributed by atoms with E-state index in [1.54, 1.807) is 13.3 Å². The molecule has 0 radical (unpaired) electrons. The van der Waals surface area contributed by atoms with E-state index < -0.39 is 26.7 Å². The number of unbranched alkanes of at least 4 members (excludes halogenated alkanes) is 3. The fourth-order valence-electron chi connectivity index (χ4n) is 3.71. The Bertz CT molecular complexity index is 314. The zero-order valence-corrected chi connectivity index (χ0v) is 23.1. The predicted molar refractivity (Wildman–Crippen MR) is 122 cm³/mol. The van der Waals surface area contributed by atoms with Crippen molar-refractivity contribution in [3.8, 4) is 0 Å². The second-order valence-electron chi connectivity index (χ2n) is 9.97. The Hall–Kier alpha value is 0.976. The van der Waals surface area contributed by atoms with Crippen molar-refractivity contribution in [3.63, 3.8) is 0 Å². The third-order valence-electron chi connectivity index (χ3n) is 6.95. The van der Waals surface area contributed by atoms with Crippen molar-refractivity contribution in [1.82, 2.24) is 0 Å². The molecule has 0 rings (SSSR count). The molecule has 0 aromatic heterocycles. The summed E-state index contributed by atoms with van der Waals surface area (Å²) in [6.45, 7) is 22.6. The Balaban J connectivity index is 4.95. The molecule has 0 saturated heterocycles. The molecule has 0 aromatic carbocycles. The van der Waals surface area contributed by atoms with Crippen LogP contribution in [0.25, 0.3) is 0 Å². The summed E-state index contributed by atoms with van der Waals surface area (Å²) < 4.78 is 12.4. The van der Waals surface area contributed by atoms with Crippen molar-refractivity contribution in [2.24, 2.45) is 0 Å². The first-order chi connectivity index (χ1) is 11.6. The van der Waals surface area contributed by atoms with E-state index in [0.29, 0.717) is 5.04 Å². The fraction of sp³-hybridized carbons (Fsp3) is 1.00. The topological polar surface area (TPSA) is 9.23 Å². The molecule has 1 nitrogen and oxygen atoms in total. The summed E-state index contributed by atoms with van der Waals surface area (Å²) in [6.07, 6.45) is 9.92. The third kappa shape index (κ3) is 9.14. The van der Waals surface area contributed by atoms with Crippen molar-refractivity contribution in [2.45, 2.75) is 129 Å². The Morgan fingerprint density at radius 1 is 0.840 bits per heavy atom. The van der Waals surface area contributed by atoms with Gasteiger partial charge in [0, 0.05) is 0 Å². The van der Waals surface area contributed by atoms with Gasteiger partial charge in [0.2, 0.25) is 0 Å². The Morgan fingerprint density at radius 3 is 1.56 bits per heavy atom. The normalized spacial score (nSPS) is 14.8. The van der Waals surface area contributed by atoms with Crippen LogP contribution in [0.2, 0.25) is 35.4 Å². The van der Waals surface area contributed by atoms with Crippen LogP contribution >= 0.6 is 0 Å². The van der Waals surface area contributed by atoms with E-state index in [1.165, 1.54) is 44.9 Å². The average Bonchev–Trinajstić information content (AvgIpc) is 2.53. The van der Waals surface area contributed by atoms with Gasteiger partial charge in [0.05, 0.1) is 0 Å². The van der Waals surface area contributed by atoms with E-state index in [2.05, 4.69) is 61.6 Å². The summed E-state index contributed by atoms with van der Waals surface area (Å²) in [6, 6.07) is 0. The molecular formula is C22H50OSiSn. The van der Waals surface area contributed by atoms with Crippen LogP contribution in [-0.2, 0) is 4.43 Å². The molecule has 3 heteroatoms. The molecule has 25 heavy (non-hydrogen) atoms. The summed E-state index contributed by atoms with van der Waals surface area (Å²) >= 11 is -2.05. The third-order valence-corrected chi connectivity index (χ3v) is 29.8. The van der Waals surface area contributed by atoms with Gasteiger partial charge < -0.3 is 0 Å². The van der Waals surface area contributed by atoms with Crippen molar-refractivity contribution < 1.29 is 4.43 Å². The van der Waals surface area contributed by atoms with Gasteiger partial charge in [0.25, 0.3) is 0 Å². The molecule has 0 spiro atoms. The van der Waals surface area contributed by atoms with Crippen molar-refractivity contribution in [1.29, 1.82) is 0 Å². The van der Waals surface area contributed by atoms with E-state index in [9.17, 15) is 0 Å². The summed E-state index contributed by atoms with van der Waals surface area (Å²) in [5.74, 6) is 0. The fourth-order valence-corrected chi connectivity index (χ4v) is 22.3. The SMILES string of the molecule is CCC[CH2][Sn]([CH2]CCC)([CH2]CCC)[C@H](C)CCO[Si](C)(C)C(C)(C)C. The van der Waals surface area contributed by atoms with E-state index in [-0.39, 0.29) is 0 Å². The van der Waals surface area contributed by atoms with Gasteiger partial charge in [0.1, 0.15) is 0 Å². The van der Waals surface area contributed by atoms with Crippen LogP contribution < -0.4 is 0 Å². The molecule has 0 aliphatic carbocycles. The number of hydrogen-bond acceptors (Lipinski definition) is 1. The Kier molecular flexibility index (Phi) is 12.9. The molecule has 0 aromatic rings. The van der Waals surface area contributed by atoms with Gasteiger partial charge in [-0.1, -0.05) is 0 Å². The molecule has 0 fully saturated rings. The van der Waals surface area contributed by atoms with E-state index in [4.69, 9.17) is 4.43 Å². The van der Waals surface area contributed by atoms with E-state index in [0.717, 1.165) is 10.5 Å². The molecule has 0 bridgehead atoms. The summed E-state index contributed by atoms with van der Waals surface area (Å²) in [5.41, 5.74) is 0. The molecule has 0 saturated carbocycles. The zero-order valence-electron chi connectivity index (χ0n) is 19.3. The predicted octanol–water partition coefficient (Wildman–Crippen LogP) is 8.64. The minimum absolute atomic E-state index is 0.337. The van der Waals surface area contributed by atoms with Crippen LogP contribution in [-0.4, -0.2) is 33.3 Å². The van der Waals surface area contributed by atoms with Crippen LogP contribution in [0.3, 0.4) is 0 Å². The molecular weight excluding hydrogens is 427 g/mol. The van der Waals surface area contributed by atoms with Gasteiger partial charge in [-0.15, -0.1) is 0 Å². The van der Waals surface area contributed by atoms with Gasteiger partial charge in [0.15, 0.2) is 0 Å². The van der Waals surface area contributed by atoms with E-state index in [1.807, 2.05) is 0 Å². The summed E-state index contributed by atoms with van der Waals surface area (Å²) in [5, 5.41) is 0.337. The van der Waals surface area contributed by atoms with Crippen LogP contribution in [0.4, 0.5) is 0 Å². The quantitative estimate of drug-likeness (QED) is 0.228. The van der Waals surface area contributed by atoms with E-state index >= 15 is 0 Å². The standard InChI is InChI=1S/C10H23OSi.3C4H9.Sn/c1-7-8-9-11-12(5,6)10(2,3)4;3*1-3-4-2;/h7H,8-9H2,1-6H3;3*1,3-4H2,2H3;. The molecule has 152 valence electrons. The van der Waals surface area contributed by atoms with Gasteiger partial charge in [-0.3, -0.25) is 0 Å². The molecule has 0 aliphatic heterocycles. The molecule has 0 heterocycles. The maximum absolute atomic E-state index is 6.55. The first-order valence-corrected chi connectivity index (χ1v) is 21.8. The molecule has 0 amide bonds. The van der Waals surface area contributed by atoms with Gasteiger partial charge in [-0.25, -0.2) is 0 Å². The summed E-state index contributed by atoms with van der Waals surface area (Å²) in [4.78, 5) is 0. The molecule has 0 aliphatic rings. The maximum atomic E-state index is 6.55. The van der Waals surface area contributed by atoms with Gasteiger partial charge in [-0.05, 0) is 0 Å². The van der Waals surface area contributed by atoms with Crippen molar-refractivity contribution in [2.75, 3.05) is 6.61 Å². The van der Waals surface area contributed by atoms with Crippen LogP contribution in [0.15, 0.2) is 0 Å². The number of rotatable bonds is 14. The molecule has 0 unspecified atom stereocenters. The van der Waals surface area contributed by atoms with Crippen LogP contribution in [0, 0.1) is 0 Å². The van der Waals surface area contributed by atoms with Crippen molar-refractivity contribution >= 4 is 26.7 Å². The summed E-state index contributed by atoms with van der Waals surface area (Å²) in [7, 11) is -1.58. The second-order valence-corrected chi connectivity index (χ2v) is 29.7. The average molecular weight is 477 g/mol. The first kappa shape index (κ1) is 26.0. The van der Waals surface area contributed by atoms with Crippen LogP contribution in [0.1, 0.15) is 93.4 Å². The Morgan fingerprint density at radius 2 is 1.24 bits per heavy atom. The first-order valence-electron chi connectivity index (χ1n) is 11.2. The number of hydrogen-bond donors (Lipinski definition) is 0. The van der Waals surface area contributed by atoms with Gasteiger partial charge >= 0.3 is 167 Å².